The van der Waals surface area contributed by atoms with E-state index in [-0.39, 0.29) is 18.1 Å². The zero-order chi connectivity index (χ0) is 15.2. The fourth-order valence-corrected chi connectivity index (χ4v) is 2.14. The minimum absolute atomic E-state index is 0.125. The number of carbonyl (C=O) groups is 1. The number of aryl methyl sites for hydroxylation is 1. The van der Waals surface area contributed by atoms with Gasteiger partial charge in [0, 0.05) is 11.9 Å². The monoisotopic (exact) mass is 296 g/mol. The van der Waals surface area contributed by atoms with Crippen LogP contribution in [0, 0.1) is 12.8 Å². The van der Waals surface area contributed by atoms with E-state index in [1.54, 1.807) is 13.1 Å². The van der Waals surface area contributed by atoms with Crippen LogP contribution >= 0.6 is 0 Å². The molecule has 1 aliphatic carbocycles. The molecule has 2 rings (SSSR count). The van der Waals surface area contributed by atoms with Gasteiger partial charge in [-0.1, -0.05) is 12.2 Å². The van der Waals surface area contributed by atoms with E-state index in [4.69, 9.17) is 0 Å². The number of amides is 1. The number of aromatic nitrogens is 2. The van der Waals surface area contributed by atoms with Crippen molar-refractivity contribution in [3.63, 3.8) is 0 Å². The van der Waals surface area contributed by atoms with Crippen LogP contribution in [-0.4, -0.2) is 21.9 Å². The van der Waals surface area contributed by atoms with Gasteiger partial charge in [-0.25, -0.2) is 14.2 Å². The molecule has 1 aromatic rings. The highest BCUT2D eigenvalue weighted by atomic mass is 19.3. The van der Waals surface area contributed by atoms with Gasteiger partial charge in [0.2, 0.25) is 0 Å². The summed E-state index contributed by atoms with van der Waals surface area (Å²) in [5.74, 6) is -0.0446. The number of nitrogens with zero attached hydrogens (tertiary/aromatic N) is 3. The molecular weight excluding hydrogens is 278 g/mol. The molecule has 0 aromatic carbocycles. The molecule has 0 radical (unpaired) electrons. The van der Waals surface area contributed by atoms with Gasteiger partial charge in [0.1, 0.15) is 12.2 Å². The Morgan fingerprint density at radius 2 is 2.43 bits per heavy atom. The third-order valence-corrected chi connectivity index (χ3v) is 3.30. The van der Waals surface area contributed by atoms with E-state index >= 15 is 0 Å². The molecule has 114 valence electrons. The van der Waals surface area contributed by atoms with Crippen LogP contribution in [0.2, 0.25) is 0 Å². The van der Waals surface area contributed by atoms with E-state index in [1.807, 2.05) is 0 Å². The number of halogens is 2. The molecule has 0 saturated heterocycles. The summed E-state index contributed by atoms with van der Waals surface area (Å²) in [5, 5.41) is 7.61. The Bertz CT molecular complexity index is 551. The zero-order valence-corrected chi connectivity index (χ0v) is 11.8. The van der Waals surface area contributed by atoms with Crippen molar-refractivity contribution < 1.29 is 13.6 Å². The number of carbonyl (C=O) groups excluding carboxylic acids is 1. The quantitative estimate of drug-likeness (QED) is 0.516. The number of nitrogens with one attached hydrogen (secondary N) is 1. The van der Waals surface area contributed by atoms with Crippen LogP contribution in [0.15, 0.2) is 23.3 Å². The first-order chi connectivity index (χ1) is 10.1. The van der Waals surface area contributed by atoms with Crippen LogP contribution in [0.3, 0.4) is 0 Å². The molecular formula is C14H18F2N4O. The summed E-state index contributed by atoms with van der Waals surface area (Å²) >= 11 is 0. The van der Waals surface area contributed by atoms with Crippen LogP contribution in [0.1, 0.15) is 37.1 Å². The van der Waals surface area contributed by atoms with Crippen molar-refractivity contribution in [1.82, 2.24) is 15.2 Å². The molecule has 0 fully saturated rings. The van der Waals surface area contributed by atoms with Gasteiger partial charge < -0.3 is 0 Å². The Hall–Kier alpha value is -2.05. The number of allylic oxidation sites excluding steroid dienone is 2. The lowest BCUT2D eigenvalue weighted by Gasteiger charge is -2.11. The summed E-state index contributed by atoms with van der Waals surface area (Å²) in [5.41, 5.74) is 2.60. The molecule has 1 atom stereocenters. The predicted molar refractivity (Wildman–Crippen MR) is 75.0 cm³/mol. The number of hydrogen-bond donors (Lipinski definition) is 1. The fraction of sp³-hybridized carbons (Fsp3) is 0.500. The van der Waals surface area contributed by atoms with Crippen LogP contribution in [0.25, 0.3) is 0 Å². The van der Waals surface area contributed by atoms with Crippen molar-refractivity contribution in [3.05, 3.63) is 29.6 Å². The highest BCUT2D eigenvalue weighted by Gasteiger charge is 2.15. The second kappa shape index (κ2) is 7.10. The minimum atomic E-state index is -2.63. The molecule has 1 aromatic heterocycles. The van der Waals surface area contributed by atoms with Crippen LogP contribution in [0.5, 0.6) is 0 Å². The first-order valence-electron chi connectivity index (χ1n) is 6.86. The first-order valence-corrected chi connectivity index (χ1v) is 6.86. The van der Waals surface area contributed by atoms with E-state index in [2.05, 4.69) is 27.8 Å². The number of hydrogen-bond acceptors (Lipinski definition) is 3. The molecule has 1 aliphatic rings. The summed E-state index contributed by atoms with van der Waals surface area (Å²) < 4.78 is 26.2. The summed E-state index contributed by atoms with van der Waals surface area (Å²) in [7, 11) is 0. The second-order valence-electron chi connectivity index (χ2n) is 5.03. The molecule has 5 nitrogen and oxygen atoms in total. The van der Waals surface area contributed by atoms with Crippen LogP contribution < -0.4 is 5.43 Å². The molecule has 21 heavy (non-hydrogen) atoms. The molecule has 1 heterocycles. The molecule has 0 aliphatic heterocycles. The summed E-state index contributed by atoms with van der Waals surface area (Å²) in [4.78, 5) is 11.7. The number of rotatable bonds is 5. The molecule has 1 N–H and O–H groups in total. The maximum atomic E-state index is 12.5. The van der Waals surface area contributed by atoms with Crippen molar-refractivity contribution in [2.45, 2.75) is 39.2 Å². The number of alkyl halides is 2. The minimum Gasteiger partial charge on any atom is -0.271 e. The average molecular weight is 296 g/mol. The second-order valence-corrected chi connectivity index (χ2v) is 5.03. The van der Waals surface area contributed by atoms with Crippen molar-refractivity contribution >= 4 is 12.1 Å². The van der Waals surface area contributed by atoms with E-state index in [0.29, 0.717) is 11.6 Å². The van der Waals surface area contributed by atoms with Gasteiger partial charge in [0.25, 0.3) is 12.3 Å². The van der Waals surface area contributed by atoms with Gasteiger partial charge in [0.15, 0.2) is 0 Å². The molecule has 1 unspecified atom stereocenters. The third-order valence-electron chi connectivity index (χ3n) is 3.30. The maximum Gasteiger partial charge on any atom is 0.282 e. The van der Waals surface area contributed by atoms with E-state index < -0.39 is 6.43 Å². The first kappa shape index (κ1) is 15.3. The Kier molecular flexibility index (Phi) is 5.19. The van der Waals surface area contributed by atoms with E-state index in [9.17, 15) is 13.6 Å². The lowest BCUT2D eigenvalue weighted by atomic mass is 9.96. The topological polar surface area (TPSA) is 59.3 Å². The van der Waals surface area contributed by atoms with Gasteiger partial charge in [-0.05, 0) is 38.2 Å². The lowest BCUT2D eigenvalue weighted by Crippen LogP contribution is -2.25. The third kappa shape index (κ3) is 4.47. The smallest absolute Gasteiger partial charge is 0.271 e. The van der Waals surface area contributed by atoms with Crippen LogP contribution in [-0.2, 0) is 11.3 Å². The Morgan fingerprint density at radius 3 is 3.05 bits per heavy atom. The molecule has 0 bridgehead atoms. The largest absolute Gasteiger partial charge is 0.282 e. The Morgan fingerprint density at radius 1 is 1.62 bits per heavy atom. The molecule has 0 saturated carbocycles. The van der Waals surface area contributed by atoms with Crippen molar-refractivity contribution in [1.29, 1.82) is 0 Å². The van der Waals surface area contributed by atoms with Gasteiger partial charge in [-0.15, -0.1) is 0 Å². The molecule has 7 heteroatoms. The normalized spacial score (nSPS) is 18.6. The Balaban J connectivity index is 1.84. The lowest BCUT2D eigenvalue weighted by molar-refractivity contribution is -0.121. The summed E-state index contributed by atoms with van der Waals surface area (Å²) in [6.45, 7) is 1.50. The van der Waals surface area contributed by atoms with Gasteiger partial charge in [-0.2, -0.15) is 10.2 Å². The number of hydrazone groups is 1. The molecule has 1 amide bonds. The SMILES string of the molecule is Cc1cc(C(F)F)nn1CC(=O)NN=CC1CC=CCC1. The predicted octanol–water partition coefficient (Wildman–Crippen LogP) is 2.59. The summed E-state index contributed by atoms with van der Waals surface area (Å²) in [6.07, 6.45) is 6.28. The van der Waals surface area contributed by atoms with E-state index in [1.165, 1.54) is 10.7 Å². The van der Waals surface area contributed by atoms with Gasteiger partial charge in [0.05, 0.1) is 0 Å². The van der Waals surface area contributed by atoms with E-state index in [0.717, 1.165) is 19.3 Å². The standard InChI is InChI=1S/C14H18F2N4O/c1-10-7-12(14(15)16)19-20(10)9-13(21)18-17-8-11-5-3-2-4-6-11/h2-3,7-8,11,14H,4-6,9H2,1H3,(H,18,21). The average Bonchev–Trinajstić information content (AvgIpc) is 2.81. The summed E-state index contributed by atoms with van der Waals surface area (Å²) in [6, 6.07) is 1.27. The Labute approximate surface area is 121 Å². The highest BCUT2D eigenvalue weighted by Crippen LogP contribution is 2.18. The highest BCUT2D eigenvalue weighted by molar-refractivity contribution is 5.76. The fourth-order valence-electron chi connectivity index (χ4n) is 2.14. The van der Waals surface area contributed by atoms with Crippen molar-refractivity contribution in [2.24, 2.45) is 11.0 Å². The van der Waals surface area contributed by atoms with Crippen molar-refractivity contribution in [2.75, 3.05) is 0 Å². The van der Waals surface area contributed by atoms with Crippen molar-refractivity contribution in [3.8, 4) is 0 Å². The van der Waals surface area contributed by atoms with Gasteiger partial charge >= 0.3 is 0 Å². The van der Waals surface area contributed by atoms with Gasteiger partial charge in [-0.3, -0.25) is 9.48 Å². The molecule has 0 spiro atoms. The maximum absolute atomic E-state index is 12.5. The zero-order valence-electron chi connectivity index (χ0n) is 11.8. The van der Waals surface area contributed by atoms with Crippen LogP contribution in [0.4, 0.5) is 8.78 Å².